The number of rotatable bonds is 6. The first kappa shape index (κ1) is 19.8. The van der Waals surface area contributed by atoms with E-state index in [-0.39, 0.29) is 30.3 Å². The Morgan fingerprint density at radius 2 is 1.90 bits per heavy atom. The molecule has 0 aliphatic heterocycles. The van der Waals surface area contributed by atoms with Crippen molar-refractivity contribution in [3.63, 3.8) is 0 Å². The number of amides is 1. The Labute approximate surface area is 130 Å². The van der Waals surface area contributed by atoms with Crippen LogP contribution in [0.5, 0.6) is 0 Å². The van der Waals surface area contributed by atoms with Gasteiger partial charge in [0.05, 0.1) is 6.04 Å². The molecule has 120 valence electrons. The van der Waals surface area contributed by atoms with E-state index in [2.05, 4.69) is 5.32 Å². The molecule has 1 rings (SSSR count). The molecule has 1 aromatic carbocycles. The Morgan fingerprint density at radius 3 is 2.38 bits per heavy atom. The fourth-order valence-electron chi connectivity index (χ4n) is 1.96. The second kappa shape index (κ2) is 8.95. The van der Waals surface area contributed by atoms with Gasteiger partial charge in [0.25, 0.3) is 0 Å². The van der Waals surface area contributed by atoms with Gasteiger partial charge in [-0.25, -0.2) is 8.78 Å². The summed E-state index contributed by atoms with van der Waals surface area (Å²) in [6.07, 6.45) is 0.867. The third kappa shape index (κ3) is 6.40. The van der Waals surface area contributed by atoms with Gasteiger partial charge in [-0.2, -0.15) is 0 Å². The van der Waals surface area contributed by atoms with Gasteiger partial charge in [0.1, 0.15) is 11.6 Å². The standard InChI is InChI=1S/C15H22F2N2O.ClH/c1-9(2)15(19-14(20)7-4-10(3)18)12-6-5-11(16)8-13(12)17;/h5-6,8-10,15H,4,7,18H2,1-3H3,(H,19,20);1H. The lowest BCUT2D eigenvalue weighted by Gasteiger charge is -2.23. The van der Waals surface area contributed by atoms with Crippen LogP contribution in [-0.2, 0) is 4.79 Å². The number of nitrogens with two attached hydrogens (primary N) is 1. The first-order valence-corrected chi connectivity index (χ1v) is 6.81. The molecule has 0 aliphatic carbocycles. The van der Waals surface area contributed by atoms with Gasteiger partial charge in [0.2, 0.25) is 5.91 Å². The molecule has 3 nitrogen and oxygen atoms in total. The van der Waals surface area contributed by atoms with Gasteiger partial charge in [-0.3, -0.25) is 4.79 Å². The predicted octanol–water partition coefficient (Wildman–Crippen LogP) is 3.33. The molecule has 21 heavy (non-hydrogen) atoms. The highest BCUT2D eigenvalue weighted by Gasteiger charge is 2.21. The number of hydrogen-bond acceptors (Lipinski definition) is 2. The van der Waals surface area contributed by atoms with Crippen molar-refractivity contribution in [3.05, 3.63) is 35.4 Å². The maximum absolute atomic E-state index is 13.8. The highest BCUT2D eigenvalue weighted by atomic mass is 35.5. The van der Waals surface area contributed by atoms with Crippen molar-refractivity contribution in [3.8, 4) is 0 Å². The zero-order chi connectivity index (χ0) is 15.3. The molecule has 0 bridgehead atoms. The summed E-state index contributed by atoms with van der Waals surface area (Å²) in [6.45, 7) is 5.57. The molecule has 2 unspecified atom stereocenters. The molecule has 0 aromatic heterocycles. The average molecular weight is 321 g/mol. The molecule has 0 saturated carbocycles. The molecule has 1 amide bonds. The molecule has 0 spiro atoms. The first-order chi connectivity index (χ1) is 9.31. The summed E-state index contributed by atoms with van der Waals surface area (Å²) in [5.41, 5.74) is 5.90. The summed E-state index contributed by atoms with van der Waals surface area (Å²) in [4.78, 5) is 11.9. The van der Waals surface area contributed by atoms with E-state index in [1.54, 1.807) is 0 Å². The summed E-state index contributed by atoms with van der Waals surface area (Å²) in [7, 11) is 0. The maximum atomic E-state index is 13.8. The SMILES string of the molecule is CC(N)CCC(=O)NC(c1ccc(F)cc1F)C(C)C.Cl. The van der Waals surface area contributed by atoms with Crippen molar-refractivity contribution in [2.75, 3.05) is 0 Å². The van der Waals surface area contributed by atoms with Crippen LogP contribution in [0.2, 0.25) is 0 Å². The fraction of sp³-hybridized carbons (Fsp3) is 0.533. The number of carbonyl (C=O) groups is 1. The van der Waals surface area contributed by atoms with Crippen LogP contribution in [0.4, 0.5) is 8.78 Å². The van der Waals surface area contributed by atoms with Gasteiger partial charge >= 0.3 is 0 Å². The zero-order valence-electron chi connectivity index (χ0n) is 12.5. The van der Waals surface area contributed by atoms with Crippen molar-refractivity contribution in [1.82, 2.24) is 5.32 Å². The van der Waals surface area contributed by atoms with Crippen LogP contribution in [0.1, 0.15) is 45.2 Å². The normalized spacial score (nSPS) is 13.5. The van der Waals surface area contributed by atoms with Gasteiger partial charge in [-0.1, -0.05) is 19.9 Å². The molecule has 0 fully saturated rings. The summed E-state index contributed by atoms with van der Waals surface area (Å²) < 4.78 is 26.8. The second-order valence-electron chi connectivity index (χ2n) is 5.47. The highest BCUT2D eigenvalue weighted by Crippen LogP contribution is 2.25. The minimum Gasteiger partial charge on any atom is -0.349 e. The van der Waals surface area contributed by atoms with Crippen LogP contribution in [0.15, 0.2) is 18.2 Å². The quantitative estimate of drug-likeness (QED) is 0.844. The van der Waals surface area contributed by atoms with Gasteiger partial charge in [0, 0.05) is 24.1 Å². The minimum atomic E-state index is -0.642. The van der Waals surface area contributed by atoms with Crippen molar-refractivity contribution < 1.29 is 13.6 Å². The Kier molecular flexibility index (Phi) is 8.44. The van der Waals surface area contributed by atoms with Crippen LogP contribution < -0.4 is 11.1 Å². The van der Waals surface area contributed by atoms with Gasteiger partial charge < -0.3 is 11.1 Å². The van der Waals surface area contributed by atoms with Crippen LogP contribution in [0.3, 0.4) is 0 Å². The molecule has 0 heterocycles. The van der Waals surface area contributed by atoms with Crippen LogP contribution >= 0.6 is 12.4 Å². The lowest BCUT2D eigenvalue weighted by atomic mass is 9.95. The fourth-order valence-corrected chi connectivity index (χ4v) is 1.96. The first-order valence-electron chi connectivity index (χ1n) is 6.81. The molecule has 6 heteroatoms. The molecule has 3 N–H and O–H groups in total. The number of hydrogen-bond donors (Lipinski definition) is 2. The van der Waals surface area contributed by atoms with Gasteiger partial charge in [0.15, 0.2) is 0 Å². The van der Waals surface area contributed by atoms with E-state index in [9.17, 15) is 13.6 Å². The van der Waals surface area contributed by atoms with Gasteiger partial charge in [-0.15, -0.1) is 12.4 Å². The van der Waals surface area contributed by atoms with Crippen LogP contribution in [0.25, 0.3) is 0 Å². The van der Waals surface area contributed by atoms with E-state index < -0.39 is 17.7 Å². The number of benzene rings is 1. The average Bonchev–Trinajstić information content (AvgIpc) is 2.34. The molecule has 0 saturated heterocycles. The molecule has 0 radical (unpaired) electrons. The predicted molar refractivity (Wildman–Crippen MR) is 82.2 cm³/mol. The van der Waals surface area contributed by atoms with E-state index in [0.717, 1.165) is 6.07 Å². The van der Waals surface area contributed by atoms with Crippen LogP contribution in [-0.4, -0.2) is 11.9 Å². The Hall–Kier alpha value is -1.20. The maximum Gasteiger partial charge on any atom is 0.220 e. The van der Waals surface area contributed by atoms with E-state index in [1.807, 2.05) is 20.8 Å². The lowest BCUT2D eigenvalue weighted by Crippen LogP contribution is -2.33. The summed E-state index contributed by atoms with van der Waals surface area (Å²) in [5.74, 6) is -1.45. The van der Waals surface area contributed by atoms with Crippen LogP contribution in [0, 0.1) is 17.6 Å². The second-order valence-corrected chi connectivity index (χ2v) is 5.47. The van der Waals surface area contributed by atoms with E-state index >= 15 is 0 Å². The number of halogens is 3. The Balaban J connectivity index is 0.00000400. The monoisotopic (exact) mass is 320 g/mol. The zero-order valence-corrected chi connectivity index (χ0v) is 13.3. The summed E-state index contributed by atoms with van der Waals surface area (Å²) >= 11 is 0. The van der Waals surface area contributed by atoms with Crippen molar-refractivity contribution in [1.29, 1.82) is 0 Å². The number of nitrogens with one attached hydrogen (secondary N) is 1. The third-order valence-corrected chi connectivity index (χ3v) is 3.11. The van der Waals surface area contributed by atoms with Crippen molar-refractivity contribution in [2.45, 2.75) is 45.7 Å². The third-order valence-electron chi connectivity index (χ3n) is 3.11. The molecule has 2 atom stereocenters. The topological polar surface area (TPSA) is 55.1 Å². The smallest absolute Gasteiger partial charge is 0.220 e. The summed E-state index contributed by atoms with van der Waals surface area (Å²) in [5, 5.41) is 2.79. The Morgan fingerprint density at radius 1 is 1.29 bits per heavy atom. The number of carbonyl (C=O) groups excluding carboxylic acids is 1. The van der Waals surface area contributed by atoms with Crippen molar-refractivity contribution in [2.24, 2.45) is 11.7 Å². The molecule has 1 aromatic rings. The van der Waals surface area contributed by atoms with E-state index in [1.165, 1.54) is 12.1 Å². The molecular weight excluding hydrogens is 298 g/mol. The molecular formula is C15H23ClF2N2O. The van der Waals surface area contributed by atoms with E-state index in [4.69, 9.17) is 5.73 Å². The van der Waals surface area contributed by atoms with Gasteiger partial charge in [-0.05, 0) is 25.3 Å². The lowest BCUT2D eigenvalue weighted by molar-refractivity contribution is -0.122. The largest absolute Gasteiger partial charge is 0.349 e. The van der Waals surface area contributed by atoms with E-state index in [0.29, 0.717) is 18.4 Å². The van der Waals surface area contributed by atoms with Crippen molar-refractivity contribution >= 4 is 18.3 Å². The Bertz CT molecular complexity index is 467. The molecule has 0 aliphatic rings. The highest BCUT2D eigenvalue weighted by molar-refractivity contribution is 5.85. The minimum absolute atomic E-state index is 0. The summed E-state index contributed by atoms with van der Waals surface area (Å²) in [6, 6.07) is 2.87.